The number of fused-ring (bicyclic) bond motifs is 1. The van der Waals surface area contributed by atoms with E-state index in [0.29, 0.717) is 30.2 Å². The molecule has 1 aliphatic heterocycles. The van der Waals surface area contributed by atoms with E-state index < -0.39 is 5.82 Å². The third-order valence-electron chi connectivity index (χ3n) is 3.29. The molecule has 0 spiro atoms. The van der Waals surface area contributed by atoms with Crippen LogP contribution in [0.3, 0.4) is 0 Å². The van der Waals surface area contributed by atoms with E-state index in [1.54, 1.807) is 0 Å². The van der Waals surface area contributed by atoms with Crippen molar-refractivity contribution in [2.24, 2.45) is 0 Å². The molecule has 0 saturated carbocycles. The predicted octanol–water partition coefficient (Wildman–Crippen LogP) is 2.71. The first-order valence-electron chi connectivity index (χ1n) is 6.25. The predicted molar refractivity (Wildman–Crippen MR) is 70.0 cm³/mol. The van der Waals surface area contributed by atoms with E-state index in [2.05, 4.69) is 10.3 Å². The monoisotopic (exact) mass is 284 g/mol. The van der Waals surface area contributed by atoms with E-state index >= 15 is 0 Å². The molecule has 1 aliphatic rings. The van der Waals surface area contributed by atoms with E-state index in [1.807, 2.05) is 6.92 Å². The van der Waals surface area contributed by atoms with Crippen molar-refractivity contribution in [1.29, 1.82) is 0 Å². The number of ether oxygens (including phenoxy) is 1. The highest BCUT2D eigenvalue weighted by atomic mass is 35.5. The Labute approximate surface area is 114 Å². The Kier molecular flexibility index (Phi) is 3.43. The van der Waals surface area contributed by atoms with Crippen molar-refractivity contribution in [3.8, 4) is 0 Å². The molecule has 0 radical (unpaired) electrons. The van der Waals surface area contributed by atoms with Crippen LogP contribution in [0, 0.1) is 5.82 Å². The quantitative estimate of drug-likeness (QED) is 0.941. The van der Waals surface area contributed by atoms with Gasteiger partial charge >= 0.3 is 0 Å². The number of nitrogens with one attached hydrogen (secondary N) is 1. The highest BCUT2D eigenvalue weighted by Crippen LogP contribution is 2.31. The number of rotatable bonds is 3. The lowest BCUT2D eigenvalue weighted by Crippen LogP contribution is -2.34. The Bertz CT molecular complexity index is 602. The lowest BCUT2D eigenvalue weighted by atomic mass is 10.0. The topological polar surface area (TPSA) is 47.3 Å². The normalized spacial score (nSPS) is 23.3. The van der Waals surface area contributed by atoms with Gasteiger partial charge in [-0.2, -0.15) is 0 Å². The van der Waals surface area contributed by atoms with Gasteiger partial charge in [0.05, 0.1) is 24.2 Å². The summed E-state index contributed by atoms with van der Waals surface area (Å²) in [6.07, 6.45) is 0. The number of halogens is 2. The van der Waals surface area contributed by atoms with E-state index in [4.69, 9.17) is 20.8 Å². The molecular weight excluding hydrogens is 271 g/mol. The molecule has 1 aromatic carbocycles. The van der Waals surface area contributed by atoms with E-state index in [-0.39, 0.29) is 17.0 Å². The van der Waals surface area contributed by atoms with Crippen LogP contribution in [0.2, 0.25) is 5.02 Å². The molecule has 2 atom stereocenters. The molecule has 4 nitrogen and oxygen atoms in total. The van der Waals surface area contributed by atoms with Crippen molar-refractivity contribution in [3.63, 3.8) is 0 Å². The van der Waals surface area contributed by atoms with Gasteiger partial charge in [0.15, 0.2) is 5.58 Å². The summed E-state index contributed by atoms with van der Waals surface area (Å²) >= 11 is 5.96. The van der Waals surface area contributed by atoms with Gasteiger partial charge in [-0.05, 0) is 12.6 Å². The number of hydrogen-bond acceptors (Lipinski definition) is 4. The second-order valence-corrected chi connectivity index (χ2v) is 5.00. The highest BCUT2D eigenvalue weighted by Gasteiger charge is 2.33. The zero-order chi connectivity index (χ0) is 13.4. The van der Waals surface area contributed by atoms with Gasteiger partial charge in [0, 0.05) is 12.1 Å². The van der Waals surface area contributed by atoms with Gasteiger partial charge < -0.3 is 14.5 Å². The maximum atomic E-state index is 13.3. The average Bonchev–Trinajstić information content (AvgIpc) is 2.95. The fourth-order valence-electron chi connectivity index (χ4n) is 2.40. The summed E-state index contributed by atoms with van der Waals surface area (Å²) in [5.74, 6) is 0.167. The minimum absolute atomic E-state index is 0.0338. The minimum Gasteiger partial charge on any atom is -0.439 e. The van der Waals surface area contributed by atoms with Crippen molar-refractivity contribution in [1.82, 2.24) is 10.3 Å². The van der Waals surface area contributed by atoms with Crippen molar-refractivity contribution in [2.45, 2.75) is 18.9 Å². The third kappa shape index (κ3) is 2.33. The Hall–Kier alpha value is -1.17. The molecule has 2 heterocycles. The maximum Gasteiger partial charge on any atom is 0.202 e. The van der Waals surface area contributed by atoms with Crippen LogP contribution in [0.5, 0.6) is 0 Å². The fourth-order valence-corrected chi connectivity index (χ4v) is 2.64. The molecule has 1 aromatic heterocycles. The number of likely N-dealkylation sites (N-methyl/N-ethyl adjacent to an activating group) is 1. The second-order valence-electron chi connectivity index (χ2n) is 4.60. The van der Waals surface area contributed by atoms with Crippen LogP contribution < -0.4 is 5.32 Å². The Balaban J connectivity index is 1.99. The number of oxazole rings is 1. The molecule has 0 bridgehead atoms. The number of nitrogens with zero attached hydrogens (tertiary/aromatic N) is 1. The first kappa shape index (κ1) is 12.8. The van der Waals surface area contributed by atoms with Crippen LogP contribution in [0.1, 0.15) is 18.7 Å². The summed E-state index contributed by atoms with van der Waals surface area (Å²) in [5.41, 5.74) is 0.877. The van der Waals surface area contributed by atoms with Crippen LogP contribution >= 0.6 is 11.6 Å². The van der Waals surface area contributed by atoms with Crippen molar-refractivity contribution >= 4 is 22.7 Å². The first-order valence-corrected chi connectivity index (χ1v) is 6.63. The molecular formula is C13H14ClFN2O2. The lowest BCUT2D eigenvalue weighted by Gasteiger charge is -2.14. The third-order valence-corrected chi connectivity index (χ3v) is 3.57. The smallest absolute Gasteiger partial charge is 0.202 e. The summed E-state index contributed by atoms with van der Waals surface area (Å²) in [6, 6.07) is 2.72. The molecule has 0 aliphatic carbocycles. The standard InChI is InChI=1S/C13H14ClFN2O2/c1-2-16-11-6-18-5-8(11)13-17-10-4-7(15)3-9(14)12(10)19-13/h3-4,8,11,16H,2,5-6H2,1H3. The van der Waals surface area contributed by atoms with Crippen molar-refractivity contribution < 1.29 is 13.5 Å². The molecule has 1 saturated heterocycles. The largest absolute Gasteiger partial charge is 0.439 e. The van der Waals surface area contributed by atoms with Gasteiger partial charge in [-0.3, -0.25) is 0 Å². The summed E-state index contributed by atoms with van der Waals surface area (Å²) in [6.45, 7) is 4.05. The van der Waals surface area contributed by atoms with Crippen LogP contribution in [0.15, 0.2) is 16.5 Å². The molecule has 102 valence electrons. The van der Waals surface area contributed by atoms with Gasteiger partial charge in [0.1, 0.15) is 11.3 Å². The van der Waals surface area contributed by atoms with Gasteiger partial charge in [-0.15, -0.1) is 0 Å². The lowest BCUT2D eigenvalue weighted by molar-refractivity contribution is 0.186. The van der Waals surface area contributed by atoms with Gasteiger partial charge in [0.25, 0.3) is 0 Å². The molecule has 0 amide bonds. The maximum absolute atomic E-state index is 13.3. The SMILES string of the molecule is CCNC1COCC1c1nc2cc(F)cc(Cl)c2o1. The van der Waals surface area contributed by atoms with E-state index in [9.17, 15) is 4.39 Å². The Morgan fingerprint density at radius 1 is 1.47 bits per heavy atom. The van der Waals surface area contributed by atoms with Crippen molar-refractivity contribution in [2.75, 3.05) is 19.8 Å². The number of aromatic nitrogens is 1. The molecule has 1 N–H and O–H groups in total. The van der Waals surface area contributed by atoms with E-state index in [1.165, 1.54) is 12.1 Å². The minimum atomic E-state index is -0.414. The van der Waals surface area contributed by atoms with E-state index in [0.717, 1.165) is 6.54 Å². The van der Waals surface area contributed by atoms with Crippen LogP contribution in [-0.2, 0) is 4.74 Å². The van der Waals surface area contributed by atoms with Gasteiger partial charge in [0.2, 0.25) is 5.89 Å². The Morgan fingerprint density at radius 3 is 3.11 bits per heavy atom. The van der Waals surface area contributed by atoms with Crippen LogP contribution in [-0.4, -0.2) is 30.8 Å². The Morgan fingerprint density at radius 2 is 2.32 bits per heavy atom. The number of benzene rings is 1. The summed E-state index contributed by atoms with van der Waals surface area (Å²) in [5, 5.41) is 3.57. The zero-order valence-corrected chi connectivity index (χ0v) is 11.2. The van der Waals surface area contributed by atoms with Crippen LogP contribution in [0.4, 0.5) is 4.39 Å². The number of hydrogen-bond donors (Lipinski definition) is 1. The van der Waals surface area contributed by atoms with Gasteiger partial charge in [-0.25, -0.2) is 9.37 Å². The molecule has 2 unspecified atom stereocenters. The molecule has 19 heavy (non-hydrogen) atoms. The average molecular weight is 285 g/mol. The fraction of sp³-hybridized carbons (Fsp3) is 0.462. The van der Waals surface area contributed by atoms with Crippen molar-refractivity contribution in [3.05, 3.63) is 28.9 Å². The van der Waals surface area contributed by atoms with Gasteiger partial charge in [-0.1, -0.05) is 18.5 Å². The summed E-state index contributed by atoms with van der Waals surface area (Å²) in [7, 11) is 0. The van der Waals surface area contributed by atoms with Crippen LogP contribution in [0.25, 0.3) is 11.1 Å². The molecule has 1 fully saturated rings. The molecule has 6 heteroatoms. The zero-order valence-electron chi connectivity index (χ0n) is 10.5. The summed E-state index contributed by atoms with van der Waals surface area (Å²) < 4.78 is 24.4. The molecule has 3 rings (SSSR count). The first-order chi connectivity index (χ1) is 9.19. The molecule has 2 aromatic rings. The highest BCUT2D eigenvalue weighted by molar-refractivity contribution is 6.34. The summed E-state index contributed by atoms with van der Waals surface area (Å²) in [4.78, 5) is 4.34. The second kappa shape index (κ2) is 5.07.